The number of rotatable bonds is 8. The Bertz CT molecular complexity index is 1330. The number of nitrogens with one attached hydrogen (secondary N) is 1. The first-order valence-electron chi connectivity index (χ1n) is 11.8. The van der Waals surface area contributed by atoms with E-state index in [1.807, 2.05) is 36.4 Å². The van der Waals surface area contributed by atoms with Gasteiger partial charge < -0.3 is 24.4 Å². The van der Waals surface area contributed by atoms with E-state index in [2.05, 4.69) is 44.0 Å². The minimum atomic E-state index is -0.130. The van der Waals surface area contributed by atoms with Crippen LogP contribution in [0.25, 0.3) is 21.9 Å². The average molecular weight is 475 g/mol. The summed E-state index contributed by atoms with van der Waals surface area (Å²) < 4.78 is 17.4. The quantitative estimate of drug-likeness (QED) is 0.412. The van der Waals surface area contributed by atoms with Crippen molar-refractivity contribution < 1.29 is 14.2 Å². The lowest BCUT2D eigenvalue weighted by molar-refractivity contribution is 0.180. The molecule has 0 aliphatic carbocycles. The molecular weight excluding hydrogens is 444 g/mol. The molecule has 2 unspecified atom stereocenters. The zero-order chi connectivity index (χ0) is 24.4. The fraction of sp³-hybridized carbons (Fsp3) is 0.385. The molecular formula is C26H30N6O3. The second-order valence-electron chi connectivity index (χ2n) is 9.09. The van der Waals surface area contributed by atoms with Crippen LogP contribution < -0.4 is 24.4 Å². The van der Waals surface area contributed by atoms with Crippen LogP contribution in [0.5, 0.6) is 17.4 Å². The predicted molar refractivity (Wildman–Crippen MR) is 135 cm³/mol. The number of benzene rings is 2. The zero-order valence-corrected chi connectivity index (χ0v) is 20.4. The maximum Gasteiger partial charge on any atom is 0.233 e. The van der Waals surface area contributed by atoms with Gasteiger partial charge in [0.05, 0.1) is 49.6 Å². The Morgan fingerprint density at radius 2 is 1.74 bits per heavy atom. The monoisotopic (exact) mass is 474 g/mol. The first kappa shape index (κ1) is 23.0. The van der Waals surface area contributed by atoms with Gasteiger partial charge in [-0.1, -0.05) is 26.0 Å². The van der Waals surface area contributed by atoms with Crippen LogP contribution in [0.2, 0.25) is 0 Å². The average Bonchev–Trinajstić information content (AvgIpc) is 3.28. The number of aromatic nitrogens is 4. The number of para-hydroxylation sites is 2. The van der Waals surface area contributed by atoms with Crippen molar-refractivity contribution in [2.24, 2.45) is 5.92 Å². The summed E-state index contributed by atoms with van der Waals surface area (Å²) in [5.41, 5.74) is 2.46. The number of hydrogen-bond donors (Lipinski definition) is 1. The Hall–Kier alpha value is -3.72. The number of methoxy groups -OCH3 is 2. The maximum absolute atomic E-state index is 6.41. The van der Waals surface area contributed by atoms with Crippen molar-refractivity contribution >= 4 is 27.8 Å². The Kier molecular flexibility index (Phi) is 6.50. The van der Waals surface area contributed by atoms with Gasteiger partial charge in [0.2, 0.25) is 5.88 Å². The highest BCUT2D eigenvalue weighted by Gasteiger charge is 2.36. The van der Waals surface area contributed by atoms with Crippen LogP contribution in [0.1, 0.15) is 13.8 Å². The predicted octanol–water partition coefficient (Wildman–Crippen LogP) is 3.47. The number of hydrogen-bond acceptors (Lipinski definition) is 9. The van der Waals surface area contributed by atoms with E-state index in [1.54, 1.807) is 26.7 Å². The molecule has 182 valence electrons. The lowest BCUT2D eigenvalue weighted by Crippen LogP contribution is -2.43. The molecule has 3 heterocycles. The van der Waals surface area contributed by atoms with E-state index in [0.717, 1.165) is 40.8 Å². The molecule has 9 heteroatoms. The van der Waals surface area contributed by atoms with Crippen molar-refractivity contribution in [2.45, 2.75) is 26.0 Å². The van der Waals surface area contributed by atoms with E-state index < -0.39 is 0 Å². The van der Waals surface area contributed by atoms with Gasteiger partial charge in [-0.15, -0.1) is 0 Å². The van der Waals surface area contributed by atoms with Crippen LogP contribution in [0, 0.1) is 5.92 Å². The van der Waals surface area contributed by atoms with Gasteiger partial charge in [-0.2, -0.15) is 0 Å². The van der Waals surface area contributed by atoms with Crippen LogP contribution >= 0.6 is 0 Å². The summed E-state index contributed by atoms with van der Waals surface area (Å²) in [5.74, 6) is 3.15. The molecule has 1 saturated heterocycles. The van der Waals surface area contributed by atoms with Gasteiger partial charge in [-0.05, 0) is 30.7 Å². The molecule has 5 rings (SSSR count). The summed E-state index contributed by atoms with van der Waals surface area (Å²) >= 11 is 0. The summed E-state index contributed by atoms with van der Waals surface area (Å²) in [5, 5.41) is 4.58. The SMILES string of the molecule is COc1cc2ncnc(N3CC(NCC(C)C)C(Oc4cnc5ccccc5n4)C3)c2cc1OC. The highest BCUT2D eigenvalue weighted by Crippen LogP contribution is 2.36. The Morgan fingerprint density at radius 1 is 0.971 bits per heavy atom. The Labute approximate surface area is 204 Å². The van der Waals surface area contributed by atoms with E-state index in [4.69, 9.17) is 14.2 Å². The molecule has 9 nitrogen and oxygen atoms in total. The highest BCUT2D eigenvalue weighted by atomic mass is 16.5. The van der Waals surface area contributed by atoms with Crippen molar-refractivity contribution in [1.82, 2.24) is 25.3 Å². The molecule has 0 amide bonds. The number of nitrogens with zero attached hydrogens (tertiary/aromatic N) is 5. The fourth-order valence-electron chi connectivity index (χ4n) is 4.42. The first-order valence-corrected chi connectivity index (χ1v) is 11.8. The second kappa shape index (κ2) is 9.87. The highest BCUT2D eigenvalue weighted by molar-refractivity contribution is 5.92. The third-order valence-corrected chi connectivity index (χ3v) is 6.17. The number of anilines is 1. The van der Waals surface area contributed by atoms with E-state index in [-0.39, 0.29) is 12.1 Å². The molecule has 0 bridgehead atoms. The molecule has 0 saturated carbocycles. The minimum absolute atomic E-state index is 0.0934. The normalized spacial score (nSPS) is 17.9. The third kappa shape index (κ3) is 4.77. The molecule has 35 heavy (non-hydrogen) atoms. The van der Waals surface area contributed by atoms with Crippen molar-refractivity contribution in [3.05, 3.63) is 48.9 Å². The standard InChI is InChI=1S/C26H30N6O3/c1-16(2)11-27-21-13-32(14-24(21)35-25-12-28-18-7-5-6-8-19(18)31-25)26-17-9-22(33-3)23(34-4)10-20(17)29-15-30-26/h5-10,12,15-16,21,24,27H,11,13-14H2,1-4H3. The lowest BCUT2D eigenvalue weighted by Gasteiger charge is -2.21. The van der Waals surface area contributed by atoms with Crippen LogP contribution in [-0.4, -0.2) is 65.9 Å². The number of fused-ring (bicyclic) bond motifs is 2. The molecule has 1 N–H and O–H groups in total. The Morgan fingerprint density at radius 3 is 2.51 bits per heavy atom. The van der Waals surface area contributed by atoms with Crippen molar-refractivity contribution in [2.75, 3.05) is 38.8 Å². The van der Waals surface area contributed by atoms with Gasteiger partial charge in [0.1, 0.15) is 18.2 Å². The van der Waals surface area contributed by atoms with E-state index in [1.165, 1.54) is 0 Å². The van der Waals surface area contributed by atoms with Crippen molar-refractivity contribution in [3.8, 4) is 17.4 Å². The zero-order valence-electron chi connectivity index (χ0n) is 20.4. The maximum atomic E-state index is 6.41. The van der Waals surface area contributed by atoms with Crippen molar-refractivity contribution in [1.29, 1.82) is 0 Å². The summed E-state index contributed by atoms with van der Waals surface area (Å²) in [6.07, 6.45) is 3.15. The molecule has 2 aromatic carbocycles. The summed E-state index contributed by atoms with van der Waals surface area (Å²) in [6.45, 7) is 6.66. The van der Waals surface area contributed by atoms with Crippen LogP contribution in [0.4, 0.5) is 5.82 Å². The van der Waals surface area contributed by atoms with E-state index in [0.29, 0.717) is 29.8 Å². The lowest BCUT2D eigenvalue weighted by atomic mass is 10.1. The molecule has 0 spiro atoms. The first-order chi connectivity index (χ1) is 17.1. The summed E-state index contributed by atoms with van der Waals surface area (Å²) in [4.78, 5) is 20.5. The largest absolute Gasteiger partial charge is 0.493 e. The summed E-state index contributed by atoms with van der Waals surface area (Å²) in [7, 11) is 3.25. The van der Waals surface area contributed by atoms with Gasteiger partial charge in [-0.3, -0.25) is 0 Å². The van der Waals surface area contributed by atoms with Crippen LogP contribution in [0.3, 0.4) is 0 Å². The molecule has 0 radical (unpaired) electrons. The van der Waals surface area contributed by atoms with Crippen LogP contribution in [-0.2, 0) is 0 Å². The Balaban J connectivity index is 1.45. The van der Waals surface area contributed by atoms with E-state index in [9.17, 15) is 0 Å². The number of ether oxygens (including phenoxy) is 3. The van der Waals surface area contributed by atoms with Gasteiger partial charge >= 0.3 is 0 Å². The fourth-order valence-corrected chi connectivity index (χ4v) is 4.42. The molecule has 4 aromatic rings. The van der Waals surface area contributed by atoms with Crippen molar-refractivity contribution in [3.63, 3.8) is 0 Å². The summed E-state index contributed by atoms with van der Waals surface area (Å²) in [6, 6.07) is 11.7. The van der Waals surface area contributed by atoms with Crippen LogP contribution in [0.15, 0.2) is 48.9 Å². The molecule has 2 atom stereocenters. The molecule has 2 aromatic heterocycles. The minimum Gasteiger partial charge on any atom is -0.493 e. The molecule has 1 fully saturated rings. The third-order valence-electron chi connectivity index (χ3n) is 6.17. The van der Waals surface area contributed by atoms with E-state index >= 15 is 0 Å². The smallest absolute Gasteiger partial charge is 0.233 e. The van der Waals surface area contributed by atoms with Gasteiger partial charge in [0, 0.05) is 18.0 Å². The van der Waals surface area contributed by atoms with Gasteiger partial charge in [0.15, 0.2) is 11.5 Å². The van der Waals surface area contributed by atoms with Gasteiger partial charge in [-0.25, -0.2) is 19.9 Å². The molecule has 1 aliphatic heterocycles. The molecule has 1 aliphatic rings. The second-order valence-corrected chi connectivity index (χ2v) is 9.09. The topological polar surface area (TPSA) is 94.5 Å². The van der Waals surface area contributed by atoms with Gasteiger partial charge in [0.25, 0.3) is 0 Å².